The molecule has 3 atom stereocenters. The van der Waals surface area contributed by atoms with Crippen LogP contribution in [0, 0.1) is 17.8 Å². The average Bonchev–Trinajstić information content (AvgIpc) is 3.06. The largest absolute Gasteiger partial charge is 0.342 e. The molecular weight excluding hydrogens is 238 g/mol. The molecule has 0 spiro atoms. The molecular formula is C15H29N3O. The third-order valence-corrected chi connectivity index (χ3v) is 4.99. The summed E-state index contributed by atoms with van der Waals surface area (Å²) < 4.78 is 0. The highest BCUT2D eigenvalue weighted by Crippen LogP contribution is 2.33. The molecule has 110 valence electrons. The monoisotopic (exact) mass is 267 g/mol. The van der Waals surface area contributed by atoms with Crippen LogP contribution >= 0.6 is 0 Å². The van der Waals surface area contributed by atoms with Crippen molar-refractivity contribution in [3.8, 4) is 0 Å². The first-order valence-corrected chi connectivity index (χ1v) is 7.83. The van der Waals surface area contributed by atoms with Crippen molar-refractivity contribution in [1.29, 1.82) is 0 Å². The molecule has 1 amide bonds. The van der Waals surface area contributed by atoms with Crippen LogP contribution in [-0.4, -0.2) is 55.5 Å². The maximum absolute atomic E-state index is 12.6. The van der Waals surface area contributed by atoms with Crippen molar-refractivity contribution in [2.75, 3.05) is 39.8 Å². The Balaban J connectivity index is 1.84. The van der Waals surface area contributed by atoms with Crippen LogP contribution in [0.5, 0.6) is 0 Å². The molecule has 2 rings (SSSR count). The maximum Gasteiger partial charge on any atom is 0.226 e. The normalized spacial score (nSPS) is 31.4. The lowest BCUT2D eigenvalue weighted by Gasteiger charge is -2.25. The van der Waals surface area contributed by atoms with Gasteiger partial charge in [-0.05, 0) is 51.2 Å². The van der Waals surface area contributed by atoms with Gasteiger partial charge in [0.05, 0.1) is 0 Å². The zero-order chi connectivity index (χ0) is 13.8. The first-order chi connectivity index (χ1) is 9.15. The molecule has 1 saturated heterocycles. The standard InChI is InChI=1S/C15H29N3O/c1-3-17(2)10-12-7-8-18(11-12)15(19)14-6-4-5-13(14)9-16/h12-14H,3-11,16H2,1-2H3/t12?,13-,14-/m1/s1. The number of amides is 1. The van der Waals surface area contributed by atoms with Crippen molar-refractivity contribution < 1.29 is 4.79 Å². The molecule has 0 aromatic rings. The number of hydrogen-bond donors (Lipinski definition) is 1. The summed E-state index contributed by atoms with van der Waals surface area (Å²) in [7, 11) is 2.16. The maximum atomic E-state index is 12.6. The molecule has 1 aliphatic heterocycles. The molecule has 1 aliphatic carbocycles. The van der Waals surface area contributed by atoms with Crippen LogP contribution in [-0.2, 0) is 4.79 Å². The van der Waals surface area contributed by atoms with Crippen LogP contribution in [0.2, 0.25) is 0 Å². The summed E-state index contributed by atoms with van der Waals surface area (Å²) in [6, 6.07) is 0. The number of hydrogen-bond acceptors (Lipinski definition) is 3. The fourth-order valence-electron chi connectivity index (χ4n) is 3.63. The average molecular weight is 267 g/mol. The van der Waals surface area contributed by atoms with Gasteiger partial charge in [0.1, 0.15) is 0 Å². The van der Waals surface area contributed by atoms with Crippen LogP contribution in [0.15, 0.2) is 0 Å². The molecule has 4 heteroatoms. The number of likely N-dealkylation sites (tertiary alicyclic amines) is 1. The van der Waals surface area contributed by atoms with E-state index in [0.29, 0.717) is 24.3 Å². The van der Waals surface area contributed by atoms with Gasteiger partial charge < -0.3 is 15.5 Å². The van der Waals surface area contributed by atoms with E-state index in [-0.39, 0.29) is 5.92 Å². The van der Waals surface area contributed by atoms with Crippen LogP contribution < -0.4 is 5.73 Å². The summed E-state index contributed by atoms with van der Waals surface area (Å²) in [5.41, 5.74) is 5.79. The molecule has 2 fully saturated rings. The summed E-state index contributed by atoms with van der Waals surface area (Å²) in [6.07, 6.45) is 4.53. The third-order valence-electron chi connectivity index (χ3n) is 4.99. The number of rotatable bonds is 5. The van der Waals surface area contributed by atoms with Crippen molar-refractivity contribution >= 4 is 5.91 Å². The van der Waals surface area contributed by atoms with Crippen LogP contribution in [0.25, 0.3) is 0 Å². The summed E-state index contributed by atoms with van der Waals surface area (Å²) in [6.45, 7) is 6.97. The molecule has 19 heavy (non-hydrogen) atoms. The second-order valence-electron chi connectivity index (χ2n) is 6.33. The predicted molar refractivity (Wildman–Crippen MR) is 77.7 cm³/mol. The Labute approximate surface area is 117 Å². The van der Waals surface area contributed by atoms with E-state index in [1.54, 1.807) is 0 Å². The molecule has 1 unspecified atom stereocenters. The van der Waals surface area contributed by atoms with Crippen LogP contribution in [0.1, 0.15) is 32.6 Å². The quantitative estimate of drug-likeness (QED) is 0.813. The van der Waals surface area contributed by atoms with Gasteiger partial charge in [-0.15, -0.1) is 0 Å². The first-order valence-electron chi connectivity index (χ1n) is 7.83. The van der Waals surface area contributed by atoms with E-state index < -0.39 is 0 Å². The first kappa shape index (κ1) is 14.8. The van der Waals surface area contributed by atoms with E-state index in [2.05, 4.69) is 23.8 Å². The summed E-state index contributed by atoms with van der Waals surface area (Å²) in [5, 5.41) is 0. The number of nitrogens with zero attached hydrogens (tertiary/aromatic N) is 2. The zero-order valence-electron chi connectivity index (χ0n) is 12.5. The topological polar surface area (TPSA) is 49.6 Å². The zero-order valence-corrected chi connectivity index (χ0v) is 12.5. The Hall–Kier alpha value is -0.610. The Kier molecular flexibility index (Phi) is 5.22. The molecule has 4 nitrogen and oxygen atoms in total. The SMILES string of the molecule is CCN(C)CC1CCN(C(=O)[C@@H]2CCC[C@@H]2CN)C1. The van der Waals surface area contributed by atoms with E-state index in [1.165, 1.54) is 6.42 Å². The molecule has 2 aliphatic rings. The fourth-order valence-corrected chi connectivity index (χ4v) is 3.63. The molecule has 2 N–H and O–H groups in total. The Morgan fingerprint density at radius 2 is 2.16 bits per heavy atom. The highest BCUT2D eigenvalue weighted by atomic mass is 16.2. The Bertz CT molecular complexity index is 308. The molecule has 0 aromatic carbocycles. The van der Waals surface area contributed by atoms with Gasteiger partial charge in [0.25, 0.3) is 0 Å². The highest BCUT2D eigenvalue weighted by Gasteiger charge is 2.37. The lowest BCUT2D eigenvalue weighted by Crippen LogP contribution is -2.38. The lowest BCUT2D eigenvalue weighted by atomic mass is 9.95. The molecule has 0 bridgehead atoms. The van der Waals surface area contributed by atoms with Gasteiger partial charge in [-0.1, -0.05) is 13.3 Å². The van der Waals surface area contributed by atoms with Gasteiger partial charge in [0.15, 0.2) is 0 Å². The van der Waals surface area contributed by atoms with E-state index in [1.807, 2.05) is 0 Å². The van der Waals surface area contributed by atoms with Crippen LogP contribution in [0.4, 0.5) is 0 Å². The molecule has 1 saturated carbocycles. The van der Waals surface area contributed by atoms with E-state index in [9.17, 15) is 4.79 Å². The van der Waals surface area contributed by atoms with Crippen molar-refractivity contribution in [1.82, 2.24) is 9.80 Å². The Morgan fingerprint density at radius 3 is 2.84 bits per heavy atom. The summed E-state index contributed by atoms with van der Waals surface area (Å²) in [4.78, 5) is 17.0. The molecule has 0 radical (unpaired) electrons. The van der Waals surface area contributed by atoms with Gasteiger partial charge in [-0.25, -0.2) is 0 Å². The predicted octanol–water partition coefficient (Wildman–Crippen LogP) is 1.16. The second-order valence-corrected chi connectivity index (χ2v) is 6.33. The number of carbonyl (C=O) groups excluding carboxylic acids is 1. The summed E-state index contributed by atoms with van der Waals surface area (Å²) >= 11 is 0. The van der Waals surface area contributed by atoms with Crippen LogP contribution in [0.3, 0.4) is 0 Å². The van der Waals surface area contributed by atoms with Crippen molar-refractivity contribution in [2.24, 2.45) is 23.5 Å². The van der Waals surface area contributed by atoms with Gasteiger partial charge in [0, 0.05) is 25.6 Å². The number of carbonyl (C=O) groups is 1. The van der Waals surface area contributed by atoms with Crippen molar-refractivity contribution in [2.45, 2.75) is 32.6 Å². The lowest BCUT2D eigenvalue weighted by molar-refractivity contribution is -0.135. The van der Waals surface area contributed by atoms with E-state index >= 15 is 0 Å². The highest BCUT2D eigenvalue weighted by molar-refractivity contribution is 5.79. The minimum absolute atomic E-state index is 0.215. The fraction of sp³-hybridized carbons (Fsp3) is 0.933. The smallest absolute Gasteiger partial charge is 0.226 e. The van der Waals surface area contributed by atoms with E-state index in [0.717, 1.165) is 45.4 Å². The summed E-state index contributed by atoms with van der Waals surface area (Å²) in [5.74, 6) is 1.69. The van der Waals surface area contributed by atoms with Gasteiger partial charge in [-0.2, -0.15) is 0 Å². The Morgan fingerprint density at radius 1 is 1.37 bits per heavy atom. The molecule has 0 aromatic heterocycles. The third kappa shape index (κ3) is 3.48. The van der Waals surface area contributed by atoms with Gasteiger partial charge in [-0.3, -0.25) is 4.79 Å². The minimum atomic E-state index is 0.215. The molecule has 1 heterocycles. The van der Waals surface area contributed by atoms with Gasteiger partial charge >= 0.3 is 0 Å². The van der Waals surface area contributed by atoms with Gasteiger partial charge in [0.2, 0.25) is 5.91 Å². The number of nitrogens with two attached hydrogens (primary N) is 1. The van der Waals surface area contributed by atoms with E-state index in [4.69, 9.17) is 5.73 Å². The minimum Gasteiger partial charge on any atom is -0.342 e. The van der Waals surface area contributed by atoms with Crippen molar-refractivity contribution in [3.63, 3.8) is 0 Å². The second kappa shape index (κ2) is 6.71. The van der Waals surface area contributed by atoms with Crippen molar-refractivity contribution in [3.05, 3.63) is 0 Å².